The minimum atomic E-state index is -0.231. The van der Waals surface area contributed by atoms with Crippen molar-refractivity contribution in [1.29, 1.82) is 0 Å². The first kappa shape index (κ1) is 23.7. The molecular weight excluding hydrogens is 383 g/mol. The lowest BCUT2D eigenvalue weighted by atomic mass is 9.78. The summed E-state index contributed by atoms with van der Waals surface area (Å²) < 4.78 is 17.5. The van der Waals surface area contributed by atoms with Gasteiger partial charge in [-0.2, -0.15) is 0 Å². The minimum absolute atomic E-state index is 0.135. The molecule has 2 aromatic rings. The number of hydrogen-bond donors (Lipinski definition) is 0. The third-order valence-electron chi connectivity index (χ3n) is 7.01. The molecule has 1 saturated carbocycles. The van der Waals surface area contributed by atoms with Crippen LogP contribution < -0.4 is 0 Å². The summed E-state index contributed by atoms with van der Waals surface area (Å²) >= 11 is 0. The van der Waals surface area contributed by atoms with Crippen LogP contribution in [0.1, 0.15) is 75.5 Å². The molecule has 0 amide bonds. The smallest absolute Gasteiger partial charge is 0.0928 e. The molecule has 0 saturated heterocycles. The number of benzene rings is 2. The maximum atomic E-state index is 12.1. The summed E-state index contributed by atoms with van der Waals surface area (Å²) in [6.07, 6.45) is 15.3. The monoisotopic (exact) mass is 422 g/mol. The molecule has 1 atom stereocenters. The Hall–Kier alpha value is -1.93. The number of halogens is 1. The van der Waals surface area contributed by atoms with Gasteiger partial charge in [-0.3, -0.25) is 4.39 Å². The van der Waals surface area contributed by atoms with Gasteiger partial charge in [-0.05, 0) is 73.1 Å². The summed E-state index contributed by atoms with van der Waals surface area (Å²) in [5.41, 5.74) is 5.21. The lowest BCUT2D eigenvalue weighted by Crippen LogP contribution is -2.15. The van der Waals surface area contributed by atoms with Crippen molar-refractivity contribution in [2.45, 2.75) is 70.8 Å². The highest BCUT2D eigenvalue weighted by atomic mass is 19.1. The number of allylic oxidation sites excluding steroid dienone is 2. The summed E-state index contributed by atoms with van der Waals surface area (Å²) in [6.45, 7) is 1.84. The van der Waals surface area contributed by atoms with E-state index in [0.29, 0.717) is 6.42 Å². The highest BCUT2D eigenvalue weighted by molar-refractivity contribution is 5.64. The zero-order valence-electron chi connectivity index (χ0n) is 19.4. The van der Waals surface area contributed by atoms with Crippen LogP contribution in [0.4, 0.5) is 4.39 Å². The Kier molecular flexibility index (Phi) is 9.81. The van der Waals surface area contributed by atoms with Crippen LogP contribution in [0.2, 0.25) is 0 Å². The molecule has 0 N–H and O–H groups in total. The van der Waals surface area contributed by atoms with Gasteiger partial charge in [-0.15, -0.1) is 0 Å². The molecule has 0 radical (unpaired) electrons. The van der Waals surface area contributed by atoms with Crippen molar-refractivity contribution in [2.24, 2.45) is 11.8 Å². The van der Waals surface area contributed by atoms with Crippen molar-refractivity contribution in [3.8, 4) is 11.1 Å². The van der Waals surface area contributed by atoms with E-state index in [2.05, 4.69) is 61.5 Å². The van der Waals surface area contributed by atoms with Gasteiger partial charge in [0.05, 0.1) is 12.8 Å². The van der Waals surface area contributed by atoms with Crippen molar-refractivity contribution >= 4 is 0 Å². The number of rotatable bonds is 11. The van der Waals surface area contributed by atoms with E-state index in [1.165, 1.54) is 67.2 Å². The molecule has 0 heterocycles. The molecule has 0 bridgehead atoms. The Morgan fingerprint density at radius 2 is 1.39 bits per heavy atom. The fourth-order valence-corrected chi connectivity index (χ4v) is 4.76. The first-order valence-corrected chi connectivity index (χ1v) is 12.1. The molecule has 0 spiro atoms. The van der Waals surface area contributed by atoms with E-state index in [4.69, 9.17) is 4.74 Å². The van der Waals surface area contributed by atoms with E-state index in [1.807, 2.05) is 6.08 Å². The van der Waals surface area contributed by atoms with Gasteiger partial charge in [0, 0.05) is 7.11 Å². The number of hydrogen-bond acceptors (Lipinski definition) is 1. The van der Waals surface area contributed by atoms with E-state index in [-0.39, 0.29) is 12.8 Å². The van der Waals surface area contributed by atoms with Gasteiger partial charge in [0.15, 0.2) is 0 Å². The molecule has 1 fully saturated rings. The van der Waals surface area contributed by atoms with Gasteiger partial charge in [0.25, 0.3) is 0 Å². The van der Waals surface area contributed by atoms with Crippen LogP contribution in [0.3, 0.4) is 0 Å². The van der Waals surface area contributed by atoms with Crippen LogP contribution >= 0.6 is 0 Å². The first-order valence-electron chi connectivity index (χ1n) is 12.1. The largest absolute Gasteiger partial charge is 0.377 e. The lowest BCUT2D eigenvalue weighted by molar-refractivity contribution is 0.119. The molecule has 0 aliphatic heterocycles. The van der Waals surface area contributed by atoms with Crippen LogP contribution in [-0.2, 0) is 11.2 Å². The second kappa shape index (κ2) is 12.8. The van der Waals surface area contributed by atoms with Crippen LogP contribution in [0.15, 0.2) is 60.7 Å². The number of methoxy groups -OCH3 is 1. The maximum absolute atomic E-state index is 12.1. The molecule has 3 rings (SSSR count). The predicted octanol–water partition coefficient (Wildman–Crippen LogP) is 8.50. The van der Waals surface area contributed by atoms with Crippen molar-refractivity contribution in [2.75, 3.05) is 13.8 Å². The van der Waals surface area contributed by atoms with E-state index in [0.717, 1.165) is 18.3 Å². The molecule has 1 aliphatic carbocycles. The Morgan fingerprint density at radius 3 is 1.97 bits per heavy atom. The second-order valence-electron chi connectivity index (χ2n) is 9.15. The highest BCUT2D eigenvalue weighted by Crippen LogP contribution is 2.34. The summed E-state index contributed by atoms with van der Waals surface area (Å²) in [6, 6.07) is 17.8. The van der Waals surface area contributed by atoms with Crippen molar-refractivity contribution in [3.05, 3.63) is 71.8 Å². The Bertz CT molecular complexity index is 769. The quantitative estimate of drug-likeness (QED) is 0.330. The van der Waals surface area contributed by atoms with Crippen LogP contribution in [0.5, 0.6) is 0 Å². The number of alkyl halides is 1. The average Bonchev–Trinajstić information content (AvgIpc) is 2.83. The van der Waals surface area contributed by atoms with E-state index in [1.54, 1.807) is 7.11 Å². The molecular formula is C29H39FO. The van der Waals surface area contributed by atoms with Crippen molar-refractivity contribution in [1.82, 2.24) is 0 Å². The molecule has 31 heavy (non-hydrogen) atoms. The number of ether oxygens (including phenoxy) is 1. The Balaban J connectivity index is 1.40. The highest BCUT2D eigenvalue weighted by Gasteiger charge is 2.20. The molecule has 1 aliphatic rings. The molecule has 2 aromatic carbocycles. The molecule has 1 nitrogen and oxygen atoms in total. The standard InChI is InChI=1S/C29H39FO/c1-23(31-2)27-18-20-29(21-19-27)28-16-14-26(15-17-28)13-12-25-10-8-24(9-11-25)7-5-3-4-6-22-30/h3-4,14-21,23-25H,5-13,22H2,1-2H3/t23?,24-,25-. The molecule has 0 aromatic heterocycles. The zero-order valence-corrected chi connectivity index (χ0v) is 19.4. The molecule has 1 unspecified atom stereocenters. The van der Waals surface area contributed by atoms with Gasteiger partial charge >= 0.3 is 0 Å². The molecule has 168 valence electrons. The fourth-order valence-electron chi connectivity index (χ4n) is 4.76. The maximum Gasteiger partial charge on any atom is 0.0928 e. The summed E-state index contributed by atoms with van der Waals surface area (Å²) in [4.78, 5) is 0. The summed E-state index contributed by atoms with van der Waals surface area (Å²) in [5.74, 6) is 1.76. The second-order valence-corrected chi connectivity index (χ2v) is 9.15. The predicted molar refractivity (Wildman–Crippen MR) is 130 cm³/mol. The van der Waals surface area contributed by atoms with Gasteiger partial charge in [0.2, 0.25) is 0 Å². The zero-order chi connectivity index (χ0) is 21.9. The normalized spacial score (nSPS) is 20.2. The van der Waals surface area contributed by atoms with Gasteiger partial charge < -0.3 is 4.74 Å². The Morgan fingerprint density at radius 1 is 0.839 bits per heavy atom. The van der Waals surface area contributed by atoms with E-state index in [9.17, 15) is 4.39 Å². The number of aryl methyl sites for hydroxylation is 1. The van der Waals surface area contributed by atoms with Gasteiger partial charge in [-0.1, -0.05) is 86.4 Å². The van der Waals surface area contributed by atoms with Gasteiger partial charge in [-0.25, -0.2) is 0 Å². The summed E-state index contributed by atoms with van der Waals surface area (Å²) in [7, 11) is 1.75. The van der Waals surface area contributed by atoms with Crippen molar-refractivity contribution < 1.29 is 9.13 Å². The minimum Gasteiger partial charge on any atom is -0.377 e. The van der Waals surface area contributed by atoms with Crippen LogP contribution in [0, 0.1) is 11.8 Å². The first-order chi connectivity index (χ1) is 15.2. The summed E-state index contributed by atoms with van der Waals surface area (Å²) in [5, 5.41) is 0. The van der Waals surface area contributed by atoms with Crippen LogP contribution in [-0.4, -0.2) is 13.8 Å². The Labute approximate surface area is 188 Å². The van der Waals surface area contributed by atoms with Crippen molar-refractivity contribution in [3.63, 3.8) is 0 Å². The van der Waals surface area contributed by atoms with E-state index >= 15 is 0 Å². The van der Waals surface area contributed by atoms with Gasteiger partial charge in [0.1, 0.15) is 0 Å². The average molecular weight is 423 g/mol. The fraction of sp³-hybridized carbons (Fsp3) is 0.517. The third-order valence-corrected chi connectivity index (χ3v) is 7.01. The van der Waals surface area contributed by atoms with Crippen LogP contribution in [0.25, 0.3) is 11.1 Å². The molecule has 2 heteroatoms. The third kappa shape index (κ3) is 7.61. The topological polar surface area (TPSA) is 9.23 Å². The SMILES string of the molecule is COC(C)c1ccc(-c2ccc(CC[C@H]3CC[C@H](CCC=CCCF)CC3)cc2)cc1. The lowest BCUT2D eigenvalue weighted by Gasteiger charge is -2.28. The van der Waals surface area contributed by atoms with E-state index < -0.39 is 0 Å².